The van der Waals surface area contributed by atoms with Crippen LogP contribution >= 0.6 is 0 Å². The Bertz CT molecular complexity index is 931. The summed E-state index contributed by atoms with van der Waals surface area (Å²) < 4.78 is 5.06. The lowest BCUT2D eigenvalue weighted by atomic mass is 10.0. The summed E-state index contributed by atoms with van der Waals surface area (Å²) in [5.74, 6) is -3.33. The number of carbonyl (C=O) groups excluding carboxylic acids is 2. The Morgan fingerprint density at radius 3 is 2.09 bits per heavy atom. The molecule has 5 N–H and O–H groups in total. The van der Waals surface area contributed by atoms with Gasteiger partial charge in [-0.3, -0.25) is 9.59 Å². The van der Waals surface area contributed by atoms with E-state index in [1.165, 1.54) is 24.3 Å². The highest BCUT2D eigenvalue weighted by atomic mass is 16.5. The first-order valence-corrected chi connectivity index (χ1v) is 9.74. The van der Waals surface area contributed by atoms with Crippen LogP contribution < -0.4 is 10.6 Å². The van der Waals surface area contributed by atoms with Gasteiger partial charge in [-0.15, -0.1) is 0 Å². The molecule has 0 aliphatic rings. The number of hydrogen-bond donors (Lipinski definition) is 5. The predicted octanol–water partition coefficient (Wildman–Crippen LogP) is 1.66. The minimum atomic E-state index is -1.33. The molecule has 10 nitrogen and oxygen atoms in total. The van der Waals surface area contributed by atoms with E-state index in [2.05, 4.69) is 10.6 Å². The molecule has 0 bridgehead atoms. The number of aliphatic carboxylic acids is 2. The largest absolute Gasteiger partial charge is 0.508 e. The SMILES string of the molecule is O=C(O)CC[C@H](NC(=O)OCc1ccccc1)C(=O)N[C@@H](Cc1ccc(O)cc1)C(=O)O. The number of phenols is 1. The monoisotopic (exact) mass is 444 g/mol. The molecular weight excluding hydrogens is 420 g/mol. The lowest BCUT2D eigenvalue weighted by molar-refractivity contribution is -0.142. The third-order valence-electron chi connectivity index (χ3n) is 4.46. The van der Waals surface area contributed by atoms with Gasteiger partial charge in [0, 0.05) is 12.8 Å². The average Bonchev–Trinajstić information content (AvgIpc) is 2.76. The third kappa shape index (κ3) is 8.34. The van der Waals surface area contributed by atoms with Crippen LogP contribution in [0.2, 0.25) is 0 Å². The molecule has 0 aliphatic carbocycles. The maximum atomic E-state index is 12.6. The summed E-state index contributed by atoms with van der Waals surface area (Å²) >= 11 is 0. The molecule has 2 aromatic rings. The molecule has 0 spiro atoms. The second-order valence-corrected chi connectivity index (χ2v) is 6.96. The number of rotatable bonds is 11. The first-order chi connectivity index (χ1) is 15.2. The van der Waals surface area contributed by atoms with E-state index in [-0.39, 0.29) is 25.2 Å². The van der Waals surface area contributed by atoms with Gasteiger partial charge >= 0.3 is 18.0 Å². The van der Waals surface area contributed by atoms with E-state index in [4.69, 9.17) is 9.84 Å². The Hall–Kier alpha value is -4.08. The molecule has 0 aliphatic heterocycles. The van der Waals surface area contributed by atoms with Crippen molar-refractivity contribution in [3.63, 3.8) is 0 Å². The molecule has 170 valence electrons. The fraction of sp³-hybridized carbons (Fsp3) is 0.273. The van der Waals surface area contributed by atoms with Crippen LogP contribution in [0.4, 0.5) is 4.79 Å². The highest BCUT2D eigenvalue weighted by Crippen LogP contribution is 2.12. The number of ether oxygens (including phenoxy) is 1. The van der Waals surface area contributed by atoms with E-state index < -0.39 is 42.4 Å². The summed E-state index contributed by atoms with van der Waals surface area (Å²) in [7, 11) is 0. The quantitative estimate of drug-likeness (QED) is 0.349. The Morgan fingerprint density at radius 1 is 0.844 bits per heavy atom. The number of hydrogen-bond acceptors (Lipinski definition) is 6. The first kappa shape index (κ1) is 24.2. The van der Waals surface area contributed by atoms with Gasteiger partial charge in [-0.05, 0) is 29.7 Å². The molecule has 0 radical (unpaired) electrons. The molecule has 0 unspecified atom stereocenters. The van der Waals surface area contributed by atoms with Crippen molar-refractivity contribution in [3.05, 3.63) is 65.7 Å². The van der Waals surface area contributed by atoms with Crippen molar-refractivity contribution in [1.29, 1.82) is 0 Å². The lowest BCUT2D eigenvalue weighted by Gasteiger charge is -2.21. The summed E-state index contributed by atoms with van der Waals surface area (Å²) in [5.41, 5.74) is 1.27. The van der Waals surface area contributed by atoms with Gasteiger partial charge in [-0.2, -0.15) is 0 Å². The van der Waals surface area contributed by atoms with Crippen LogP contribution in [0.15, 0.2) is 54.6 Å². The molecule has 0 saturated heterocycles. The van der Waals surface area contributed by atoms with E-state index in [1.54, 1.807) is 30.3 Å². The van der Waals surface area contributed by atoms with Gasteiger partial charge in [-0.1, -0.05) is 42.5 Å². The van der Waals surface area contributed by atoms with Crippen LogP contribution in [-0.4, -0.2) is 51.3 Å². The molecule has 32 heavy (non-hydrogen) atoms. The summed E-state index contributed by atoms with van der Waals surface area (Å²) in [6.07, 6.45) is -1.70. The molecule has 0 fully saturated rings. The normalized spacial score (nSPS) is 12.2. The molecule has 0 heterocycles. The van der Waals surface area contributed by atoms with Crippen LogP contribution in [-0.2, 0) is 32.1 Å². The second kappa shape index (κ2) is 11.9. The minimum absolute atomic E-state index is 0.0108. The van der Waals surface area contributed by atoms with E-state index in [0.29, 0.717) is 11.1 Å². The molecule has 2 aromatic carbocycles. The Morgan fingerprint density at radius 2 is 1.50 bits per heavy atom. The van der Waals surface area contributed by atoms with Gasteiger partial charge in [0.05, 0.1) is 0 Å². The van der Waals surface area contributed by atoms with Crippen molar-refractivity contribution >= 4 is 23.9 Å². The van der Waals surface area contributed by atoms with Gasteiger partial charge in [0.25, 0.3) is 0 Å². The Kier molecular flexibility index (Phi) is 9.03. The van der Waals surface area contributed by atoms with Gasteiger partial charge in [0.2, 0.25) is 5.91 Å². The van der Waals surface area contributed by atoms with Crippen molar-refractivity contribution in [2.45, 2.75) is 38.0 Å². The maximum Gasteiger partial charge on any atom is 0.408 e. The molecule has 2 amide bonds. The van der Waals surface area contributed by atoms with E-state index in [0.717, 1.165) is 0 Å². The Labute approximate surface area is 183 Å². The lowest BCUT2D eigenvalue weighted by Crippen LogP contribution is -2.52. The zero-order valence-electron chi connectivity index (χ0n) is 17.1. The van der Waals surface area contributed by atoms with Crippen molar-refractivity contribution in [1.82, 2.24) is 10.6 Å². The average molecular weight is 444 g/mol. The van der Waals surface area contributed by atoms with Crippen LogP contribution in [0.3, 0.4) is 0 Å². The van der Waals surface area contributed by atoms with Gasteiger partial charge in [0.15, 0.2) is 0 Å². The number of aromatic hydroxyl groups is 1. The smallest absolute Gasteiger partial charge is 0.408 e. The summed E-state index contributed by atoms with van der Waals surface area (Å²) in [6.45, 7) is -0.0570. The molecule has 2 atom stereocenters. The van der Waals surface area contributed by atoms with Crippen molar-refractivity contribution in [2.24, 2.45) is 0 Å². The number of phenolic OH excluding ortho intramolecular Hbond substituents is 1. The predicted molar refractivity (Wildman–Crippen MR) is 112 cm³/mol. The number of benzene rings is 2. The van der Waals surface area contributed by atoms with Gasteiger partial charge in [-0.25, -0.2) is 9.59 Å². The number of carbonyl (C=O) groups is 4. The molecule has 0 aromatic heterocycles. The molecule has 0 saturated carbocycles. The number of carboxylic acid groups (broad SMARTS) is 2. The number of carboxylic acids is 2. The van der Waals surface area contributed by atoms with E-state index in [1.807, 2.05) is 0 Å². The van der Waals surface area contributed by atoms with Crippen LogP contribution in [0.25, 0.3) is 0 Å². The van der Waals surface area contributed by atoms with E-state index >= 15 is 0 Å². The van der Waals surface area contributed by atoms with Gasteiger partial charge in [0.1, 0.15) is 24.4 Å². The topological polar surface area (TPSA) is 162 Å². The van der Waals surface area contributed by atoms with Crippen LogP contribution in [0.1, 0.15) is 24.0 Å². The number of nitrogens with one attached hydrogen (secondary N) is 2. The van der Waals surface area contributed by atoms with Crippen LogP contribution in [0.5, 0.6) is 5.75 Å². The third-order valence-corrected chi connectivity index (χ3v) is 4.46. The zero-order valence-corrected chi connectivity index (χ0v) is 17.1. The van der Waals surface area contributed by atoms with Gasteiger partial charge < -0.3 is 30.7 Å². The van der Waals surface area contributed by atoms with Crippen molar-refractivity contribution in [2.75, 3.05) is 0 Å². The minimum Gasteiger partial charge on any atom is -0.508 e. The summed E-state index contributed by atoms with van der Waals surface area (Å²) in [4.78, 5) is 47.3. The maximum absolute atomic E-state index is 12.6. The summed E-state index contributed by atoms with van der Waals surface area (Å²) in [6, 6.07) is 12.0. The Balaban J connectivity index is 2.01. The summed E-state index contributed by atoms with van der Waals surface area (Å²) in [5, 5.41) is 32.3. The fourth-order valence-electron chi connectivity index (χ4n) is 2.78. The van der Waals surface area contributed by atoms with Crippen molar-refractivity contribution < 1.29 is 39.2 Å². The zero-order chi connectivity index (χ0) is 23.5. The molecule has 10 heteroatoms. The van der Waals surface area contributed by atoms with Crippen LogP contribution in [0, 0.1) is 0 Å². The van der Waals surface area contributed by atoms with E-state index in [9.17, 15) is 29.4 Å². The van der Waals surface area contributed by atoms with Crippen molar-refractivity contribution in [3.8, 4) is 5.75 Å². The number of amides is 2. The molecule has 2 rings (SSSR count). The fourth-order valence-corrected chi connectivity index (χ4v) is 2.78. The highest BCUT2D eigenvalue weighted by Gasteiger charge is 2.27. The highest BCUT2D eigenvalue weighted by molar-refractivity contribution is 5.89. The standard InChI is InChI=1S/C22H24N2O8/c25-16-8-6-14(7-9-16)12-18(21(29)30)23-20(28)17(10-11-19(26)27)24-22(31)32-13-15-4-2-1-3-5-15/h1-9,17-18,25H,10-13H2,(H,23,28)(H,24,31)(H,26,27)(H,29,30)/t17-,18-/m0/s1. The second-order valence-electron chi connectivity index (χ2n) is 6.96. The first-order valence-electron chi connectivity index (χ1n) is 9.74. The molecular formula is C22H24N2O8. The number of alkyl carbamates (subject to hydrolysis) is 1.